The van der Waals surface area contributed by atoms with Crippen molar-refractivity contribution < 1.29 is 9.84 Å². The van der Waals surface area contributed by atoms with Crippen LogP contribution in [0.15, 0.2) is 36.4 Å². The molecule has 0 unspecified atom stereocenters. The van der Waals surface area contributed by atoms with Crippen LogP contribution in [0.25, 0.3) is 0 Å². The first-order valence-corrected chi connectivity index (χ1v) is 6.57. The minimum atomic E-state index is -0.0807. The average Bonchev–Trinajstić information content (AvgIpc) is 2.39. The van der Waals surface area contributed by atoms with Gasteiger partial charge in [0.1, 0.15) is 12.4 Å². The van der Waals surface area contributed by atoms with Gasteiger partial charge in [-0.15, -0.1) is 0 Å². The van der Waals surface area contributed by atoms with Crippen molar-refractivity contribution in [2.24, 2.45) is 0 Å². The number of ether oxygens (including phenoxy) is 1. The minimum Gasteiger partial charge on any atom is -0.489 e. The molecule has 0 atom stereocenters. The fourth-order valence-electron chi connectivity index (χ4n) is 2.04. The van der Waals surface area contributed by atoms with E-state index in [0.29, 0.717) is 22.9 Å². The van der Waals surface area contributed by atoms with Gasteiger partial charge >= 0.3 is 0 Å². The normalized spacial score (nSPS) is 10.5. The molecule has 0 aromatic heterocycles. The topological polar surface area (TPSA) is 29.5 Å². The van der Waals surface area contributed by atoms with Crippen LogP contribution in [-0.4, -0.2) is 5.11 Å². The van der Waals surface area contributed by atoms with Crippen molar-refractivity contribution >= 4 is 11.6 Å². The van der Waals surface area contributed by atoms with Crippen molar-refractivity contribution in [2.75, 3.05) is 0 Å². The SMILES string of the molecule is Cc1cccc(C)c1COc1ccc(Cl)cc1CO. The Balaban J connectivity index is 2.19. The number of halogens is 1. The molecule has 19 heavy (non-hydrogen) atoms. The van der Waals surface area contributed by atoms with Crippen LogP contribution in [0.5, 0.6) is 5.75 Å². The molecule has 0 fully saturated rings. The number of hydrogen-bond donors (Lipinski definition) is 1. The van der Waals surface area contributed by atoms with Gasteiger partial charge in [0.2, 0.25) is 0 Å². The lowest BCUT2D eigenvalue weighted by molar-refractivity contribution is 0.258. The van der Waals surface area contributed by atoms with Crippen molar-refractivity contribution in [3.05, 3.63) is 63.7 Å². The highest BCUT2D eigenvalue weighted by atomic mass is 35.5. The summed E-state index contributed by atoms with van der Waals surface area (Å²) in [7, 11) is 0. The first kappa shape index (κ1) is 13.9. The van der Waals surface area contributed by atoms with E-state index in [4.69, 9.17) is 16.3 Å². The molecule has 0 saturated heterocycles. The molecule has 0 saturated carbocycles. The maximum Gasteiger partial charge on any atom is 0.125 e. The summed E-state index contributed by atoms with van der Waals surface area (Å²) < 4.78 is 5.81. The van der Waals surface area contributed by atoms with Gasteiger partial charge in [0.15, 0.2) is 0 Å². The Bertz CT molecular complexity index is 559. The third-order valence-corrected chi connectivity index (χ3v) is 3.44. The molecule has 3 heteroatoms. The van der Waals surface area contributed by atoms with Crippen LogP contribution in [0, 0.1) is 13.8 Å². The van der Waals surface area contributed by atoms with Crippen LogP contribution in [-0.2, 0) is 13.2 Å². The molecule has 0 aliphatic rings. The first-order valence-electron chi connectivity index (χ1n) is 6.19. The molecule has 0 amide bonds. The lowest BCUT2D eigenvalue weighted by Crippen LogP contribution is -2.02. The molecule has 0 spiro atoms. The zero-order valence-electron chi connectivity index (χ0n) is 11.1. The summed E-state index contributed by atoms with van der Waals surface area (Å²) >= 11 is 5.90. The quantitative estimate of drug-likeness (QED) is 0.914. The summed E-state index contributed by atoms with van der Waals surface area (Å²) in [5.74, 6) is 0.676. The van der Waals surface area contributed by atoms with Crippen molar-refractivity contribution in [3.8, 4) is 5.75 Å². The Hall–Kier alpha value is -1.51. The van der Waals surface area contributed by atoms with Gasteiger partial charge in [-0.25, -0.2) is 0 Å². The van der Waals surface area contributed by atoms with E-state index in [0.717, 1.165) is 0 Å². The van der Waals surface area contributed by atoms with Gasteiger partial charge in [0, 0.05) is 10.6 Å². The Labute approximate surface area is 118 Å². The van der Waals surface area contributed by atoms with Crippen LogP contribution >= 0.6 is 11.6 Å². The minimum absolute atomic E-state index is 0.0807. The van der Waals surface area contributed by atoms with Crippen LogP contribution in [0.4, 0.5) is 0 Å². The summed E-state index contributed by atoms with van der Waals surface area (Å²) in [6.07, 6.45) is 0. The predicted octanol–water partition coefficient (Wildman–Crippen LogP) is 4.03. The summed E-state index contributed by atoms with van der Waals surface area (Å²) in [5.41, 5.74) is 4.30. The molecule has 2 aromatic rings. The standard InChI is InChI=1S/C16H17ClO2/c1-11-4-3-5-12(2)15(11)10-19-16-7-6-14(17)8-13(16)9-18/h3-8,18H,9-10H2,1-2H3. The van der Waals surface area contributed by atoms with Crippen LogP contribution in [0.1, 0.15) is 22.3 Å². The van der Waals surface area contributed by atoms with E-state index >= 15 is 0 Å². The number of benzene rings is 2. The van der Waals surface area contributed by atoms with Gasteiger partial charge in [0.25, 0.3) is 0 Å². The molecule has 1 N–H and O–H groups in total. The summed E-state index contributed by atoms with van der Waals surface area (Å²) in [5, 5.41) is 9.91. The van der Waals surface area contributed by atoms with Crippen LogP contribution < -0.4 is 4.74 Å². The van der Waals surface area contributed by atoms with Gasteiger partial charge in [0.05, 0.1) is 6.61 Å². The summed E-state index contributed by atoms with van der Waals surface area (Å²) in [6.45, 7) is 4.55. The Morgan fingerprint density at radius 2 is 1.79 bits per heavy atom. The number of aliphatic hydroxyl groups is 1. The van der Waals surface area contributed by atoms with Crippen molar-refractivity contribution in [2.45, 2.75) is 27.1 Å². The van der Waals surface area contributed by atoms with E-state index in [1.807, 2.05) is 6.07 Å². The monoisotopic (exact) mass is 276 g/mol. The predicted molar refractivity (Wildman–Crippen MR) is 77.6 cm³/mol. The first-order chi connectivity index (χ1) is 9.11. The summed E-state index contributed by atoms with van der Waals surface area (Å²) in [4.78, 5) is 0. The Kier molecular flexibility index (Phi) is 4.46. The van der Waals surface area contributed by atoms with E-state index in [1.54, 1.807) is 18.2 Å². The maximum atomic E-state index is 9.31. The molecule has 0 aliphatic heterocycles. The summed E-state index contributed by atoms with van der Waals surface area (Å²) in [6, 6.07) is 11.5. The van der Waals surface area contributed by atoms with Gasteiger partial charge in [-0.2, -0.15) is 0 Å². The third-order valence-electron chi connectivity index (χ3n) is 3.21. The second-order valence-corrected chi connectivity index (χ2v) is 5.01. The molecule has 2 nitrogen and oxygen atoms in total. The fourth-order valence-corrected chi connectivity index (χ4v) is 2.23. The molecule has 0 radical (unpaired) electrons. The second-order valence-electron chi connectivity index (χ2n) is 4.57. The molecule has 100 valence electrons. The number of aliphatic hydroxyl groups excluding tert-OH is 1. The van der Waals surface area contributed by atoms with Crippen LogP contribution in [0.2, 0.25) is 5.02 Å². The molecule has 2 aromatic carbocycles. The van der Waals surface area contributed by atoms with Gasteiger partial charge < -0.3 is 9.84 Å². The second kappa shape index (κ2) is 6.09. The van der Waals surface area contributed by atoms with E-state index in [9.17, 15) is 5.11 Å². The van der Waals surface area contributed by atoms with E-state index in [2.05, 4.69) is 26.0 Å². The zero-order valence-corrected chi connectivity index (χ0v) is 11.9. The van der Waals surface area contributed by atoms with Crippen LogP contribution in [0.3, 0.4) is 0 Å². The lowest BCUT2D eigenvalue weighted by atomic mass is 10.0. The highest BCUT2D eigenvalue weighted by Crippen LogP contribution is 2.24. The molecule has 0 bridgehead atoms. The lowest BCUT2D eigenvalue weighted by Gasteiger charge is -2.13. The van der Waals surface area contributed by atoms with Gasteiger partial charge in [-0.3, -0.25) is 0 Å². The van der Waals surface area contributed by atoms with Gasteiger partial charge in [-0.1, -0.05) is 29.8 Å². The number of rotatable bonds is 4. The molecule has 2 rings (SSSR count). The van der Waals surface area contributed by atoms with Gasteiger partial charge in [-0.05, 0) is 48.7 Å². The number of hydrogen-bond acceptors (Lipinski definition) is 2. The van der Waals surface area contributed by atoms with Crippen molar-refractivity contribution in [1.82, 2.24) is 0 Å². The van der Waals surface area contributed by atoms with Crippen molar-refractivity contribution in [1.29, 1.82) is 0 Å². The largest absolute Gasteiger partial charge is 0.489 e. The Morgan fingerprint density at radius 3 is 2.42 bits per heavy atom. The smallest absolute Gasteiger partial charge is 0.125 e. The molecular formula is C16H17ClO2. The van der Waals surface area contributed by atoms with Crippen molar-refractivity contribution in [3.63, 3.8) is 0 Å². The van der Waals surface area contributed by atoms with E-state index < -0.39 is 0 Å². The highest BCUT2D eigenvalue weighted by molar-refractivity contribution is 6.30. The highest BCUT2D eigenvalue weighted by Gasteiger charge is 2.07. The third kappa shape index (κ3) is 3.28. The number of aryl methyl sites for hydroxylation is 2. The van der Waals surface area contributed by atoms with E-state index in [1.165, 1.54) is 16.7 Å². The molecular weight excluding hydrogens is 260 g/mol. The average molecular weight is 277 g/mol. The fraction of sp³-hybridized carbons (Fsp3) is 0.250. The Morgan fingerprint density at radius 1 is 1.11 bits per heavy atom. The van der Waals surface area contributed by atoms with E-state index in [-0.39, 0.29) is 6.61 Å². The maximum absolute atomic E-state index is 9.31. The molecule has 0 heterocycles. The zero-order chi connectivity index (χ0) is 13.8. The molecule has 0 aliphatic carbocycles.